The van der Waals surface area contributed by atoms with Crippen molar-refractivity contribution in [2.45, 2.75) is 0 Å². The number of halogens is 2. The van der Waals surface area contributed by atoms with Crippen molar-refractivity contribution in [3.8, 4) is 0 Å². The first kappa shape index (κ1) is 13.7. The molecular formula is C15H12F2N2O. The smallest absolute Gasteiger partial charge is 0.248 e. The number of rotatable bonds is 3. The van der Waals surface area contributed by atoms with Gasteiger partial charge in [-0.2, -0.15) is 0 Å². The van der Waals surface area contributed by atoms with Gasteiger partial charge in [0.1, 0.15) is 11.6 Å². The Bertz CT molecular complexity index is 648. The molecule has 20 heavy (non-hydrogen) atoms. The second-order valence-electron chi connectivity index (χ2n) is 4.11. The Balaban J connectivity index is 2.08. The number of anilines is 2. The minimum atomic E-state index is -0.697. The van der Waals surface area contributed by atoms with Crippen LogP contribution >= 0.6 is 0 Å². The fourth-order valence-corrected chi connectivity index (χ4v) is 1.63. The molecule has 0 aliphatic carbocycles. The highest BCUT2D eigenvalue weighted by Gasteiger charge is 2.02. The zero-order valence-corrected chi connectivity index (χ0v) is 10.4. The van der Waals surface area contributed by atoms with Crippen LogP contribution in [0.3, 0.4) is 0 Å². The second kappa shape index (κ2) is 5.97. The van der Waals surface area contributed by atoms with Gasteiger partial charge in [0.15, 0.2) is 0 Å². The molecule has 0 atom stereocenters. The molecule has 0 aromatic heterocycles. The van der Waals surface area contributed by atoms with E-state index >= 15 is 0 Å². The standard InChI is InChI=1S/C15H12F2N2O/c16-11-7-10(8-12(17)9-11)5-6-15(20)19-14-4-2-1-3-13(14)18/h1-9H,18H2,(H,19,20). The Morgan fingerprint density at radius 3 is 2.40 bits per heavy atom. The van der Waals surface area contributed by atoms with Crippen LogP contribution in [0.4, 0.5) is 20.2 Å². The van der Waals surface area contributed by atoms with Crippen molar-refractivity contribution in [3.05, 3.63) is 65.7 Å². The number of carbonyl (C=O) groups excluding carboxylic acids is 1. The maximum absolute atomic E-state index is 13.0. The van der Waals surface area contributed by atoms with Gasteiger partial charge in [-0.15, -0.1) is 0 Å². The summed E-state index contributed by atoms with van der Waals surface area (Å²) in [7, 11) is 0. The zero-order valence-electron chi connectivity index (χ0n) is 10.4. The van der Waals surface area contributed by atoms with Crippen LogP contribution in [0, 0.1) is 11.6 Å². The number of amides is 1. The summed E-state index contributed by atoms with van der Waals surface area (Å²) in [5.41, 5.74) is 6.86. The van der Waals surface area contributed by atoms with Crippen molar-refractivity contribution in [3.63, 3.8) is 0 Å². The van der Waals surface area contributed by atoms with E-state index in [9.17, 15) is 13.6 Å². The first-order chi connectivity index (χ1) is 9.54. The lowest BCUT2D eigenvalue weighted by atomic mass is 10.2. The Morgan fingerprint density at radius 2 is 1.75 bits per heavy atom. The number of hydrogen-bond donors (Lipinski definition) is 2. The number of nitrogens with two attached hydrogens (primary N) is 1. The quantitative estimate of drug-likeness (QED) is 0.667. The van der Waals surface area contributed by atoms with E-state index in [1.165, 1.54) is 12.2 Å². The van der Waals surface area contributed by atoms with Gasteiger partial charge < -0.3 is 11.1 Å². The molecular weight excluding hydrogens is 262 g/mol. The molecule has 0 unspecified atom stereocenters. The van der Waals surface area contributed by atoms with Crippen LogP contribution in [0.25, 0.3) is 6.08 Å². The molecule has 3 nitrogen and oxygen atoms in total. The zero-order chi connectivity index (χ0) is 14.5. The summed E-state index contributed by atoms with van der Waals surface area (Å²) in [5, 5.41) is 2.57. The first-order valence-electron chi connectivity index (χ1n) is 5.84. The molecule has 0 aliphatic heterocycles. The minimum absolute atomic E-state index is 0.263. The third-order valence-corrected chi connectivity index (χ3v) is 2.53. The SMILES string of the molecule is Nc1ccccc1NC(=O)C=Cc1cc(F)cc(F)c1. The highest BCUT2D eigenvalue weighted by atomic mass is 19.1. The summed E-state index contributed by atoms with van der Waals surface area (Å²) < 4.78 is 25.9. The van der Waals surface area contributed by atoms with Crippen LogP contribution in [0.1, 0.15) is 5.56 Å². The van der Waals surface area contributed by atoms with Gasteiger partial charge in [-0.05, 0) is 35.9 Å². The summed E-state index contributed by atoms with van der Waals surface area (Å²) in [5.74, 6) is -1.83. The molecule has 0 spiro atoms. The van der Waals surface area contributed by atoms with Crippen LogP contribution in [0.5, 0.6) is 0 Å². The van der Waals surface area contributed by atoms with Crippen molar-refractivity contribution in [1.82, 2.24) is 0 Å². The van der Waals surface area contributed by atoms with Crippen molar-refractivity contribution in [2.24, 2.45) is 0 Å². The minimum Gasteiger partial charge on any atom is -0.397 e. The maximum Gasteiger partial charge on any atom is 0.248 e. The van der Waals surface area contributed by atoms with E-state index in [1.54, 1.807) is 24.3 Å². The largest absolute Gasteiger partial charge is 0.397 e. The highest BCUT2D eigenvalue weighted by Crippen LogP contribution is 2.16. The Kier molecular flexibility index (Phi) is 4.10. The van der Waals surface area contributed by atoms with Gasteiger partial charge in [-0.25, -0.2) is 8.78 Å². The Labute approximate surface area is 114 Å². The predicted molar refractivity (Wildman–Crippen MR) is 74.9 cm³/mol. The summed E-state index contributed by atoms with van der Waals surface area (Å²) in [6, 6.07) is 9.81. The van der Waals surface area contributed by atoms with Crippen LogP contribution in [-0.4, -0.2) is 5.91 Å². The Hall–Kier alpha value is -2.69. The number of carbonyl (C=O) groups is 1. The third kappa shape index (κ3) is 3.65. The molecule has 0 heterocycles. The molecule has 0 bridgehead atoms. The second-order valence-corrected chi connectivity index (χ2v) is 4.11. The van der Waals surface area contributed by atoms with Crippen LogP contribution in [0.15, 0.2) is 48.5 Å². The molecule has 2 rings (SSSR count). The predicted octanol–water partition coefficient (Wildman–Crippen LogP) is 3.20. The van der Waals surface area contributed by atoms with Crippen molar-refractivity contribution in [2.75, 3.05) is 11.1 Å². The van der Waals surface area contributed by atoms with Gasteiger partial charge in [0.05, 0.1) is 11.4 Å². The number of benzene rings is 2. The van der Waals surface area contributed by atoms with Gasteiger partial charge in [-0.3, -0.25) is 4.79 Å². The summed E-state index contributed by atoms with van der Waals surface area (Å²) in [4.78, 5) is 11.7. The van der Waals surface area contributed by atoms with Gasteiger partial charge >= 0.3 is 0 Å². The van der Waals surface area contributed by atoms with Crippen molar-refractivity contribution >= 4 is 23.4 Å². The van der Waals surface area contributed by atoms with Crippen LogP contribution in [-0.2, 0) is 4.79 Å². The lowest BCUT2D eigenvalue weighted by molar-refractivity contribution is -0.111. The van der Waals surface area contributed by atoms with E-state index in [1.807, 2.05) is 0 Å². The first-order valence-corrected chi connectivity index (χ1v) is 5.84. The normalized spacial score (nSPS) is 10.7. The number of nitrogen functional groups attached to an aromatic ring is 1. The highest BCUT2D eigenvalue weighted by molar-refractivity contribution is 6.03. The number of nitrogens with one attached hydrogen (secondary N) is 1. The molecule has 1 amide bonds. The molecule has 3 N–H and O–H groups in total. The lowest BCUT2D eigenvalue weighted by Gasteiger charge is -2.04. The Morgan fingerprint density at radius 1 is 1.10 bits per heavy atom. The topological polar surface area (TPSA) is 55.1 Å². The van der Waals surface area contributed by atoms with Crippen LogP contribution < -0.4 is 11.1 Å². The summed E-state index contributed by atoms with van der Waals surface area (Å²) >= 11 is 0. The third-order valence-electron chi connectivity index (χ3n) is 2.53. The van der Waals surface area contributed by atoms with E-state index in [4.69, 9.17) is 5.73 Å². The van der Waals surface area contributed by atoms with Crippen molar-refractivity contribution < 1.29 is 13.6 Å². The number of hydrogen-bond acceptors (Lipinski definition) is 2. The monoisotopic (exact) mass is 274 g/mol. The van der Waals surface area contributed by atoms with Gasteiger partial charge in [0.25, 0.3) is 0 Å². The molecule has 5 heteroatoms. The van der Waals surface area contributed by atoms with E-state index in [-0.39, 0.29) is 5.56 Å². The molecule has 102 valence electrons. The van der Waals surface area contributed by atoms with Gasteiger partial charge in [0, 0.05) is 12.1 Å². The fourth-order valence-electron chi connectivity index (χ4n) is 1.63. The molecule has 2 aromatic rings. The molecule has 0 saturated heterocycles. The van der Waals surface area contributed by atoms with Crippen molar-refractivity contribution in [1.29, 1.82) is 0 Å². The van der Waals surface area contributed by atoms with E-state index < -0.39 is 17.5 Å². The van der Waals surface area contributed by atoms with E-state index in [0.29, 0.717) is 11.4 Å². The van der Waals surface area contributed by atoms with Crippen LogP contribution in [0.2, 0.25) is 0 Å². The van der Waals surface area contributed by atoms with Gasteiger partial charge in [0.2, 0.25) is 5.91 Å². The molecule has 0 aliphatic rings. The maximum atomic E-state index is 13.0. The molecule has 0 saturated carbocycles. The molecule has 2 aromatic carbocycles. The summed E-state index contributed by atoms with van der Waals surface area (Å²) in [6.07, 6.45) is 2.50. The number of para-hydroxylation sites is 2. The average Bonchev–Trinajstić information content (AvgIpc) is 2.38. The average molecular weight is 274 g/mol. The molecule has 0 radical (unpaired) electrons. The lowest BCUT2D eigenvalue weighted by Crippen LogP contribution is -2.09. The molecule has 0 fully saturated rings. The van der Waals surface area contributed by atoms with E-state index in [0.717, 1.165) is 18.2 Å². The van der Waals surface area contributed by atoms with E-state index in [2.05, 4.69) is 5.32 Å². The summed E-state index contributed by atoms with van der Waals surface area (Å²) in [6.45, 7) is 0. The fraction of sp³-hybridized carbons (Fsp3) is 0. The van der Waals surface area contributed by atoms with Gasteiger partial charge in [-0.1, -0.05) is 12.1 Å².